The Labute approximate surface area is 123 Å². The van der Waals surface area contributed by atoms with Gasteiger partial charge in [0.2, 0.25) is 0 Å². The van der Waals surface area contributed by atoms with Crippen LogP contribution in [0.5, 0.6) is 0 Å². The largest absolute Gasteiger partial charge is 0.293 e. The van der Waals surface area contributed by atoms with Gasteiger partial charge < -0.3 is 0 Å². The average Bonchev–Trinajstić information content (AvgIpc) is 2.42. The van der Waals surface area contributed by atoms with E-state index in [0.717, 1.165) is 42.1 Å². The molecule has 0 saturated heterocycles. The number of halogens is 4. The summed E-state index contributed by atoms with van der Waals surface area (Å²) < 4.78 is 52.9. The van der Waals surface area contributed by atoms with Gasteiger partial charge in [0.05, 0.1) is 10.8 Å². The van der Waals surface area contributed by atoms with Gasteiger partial charge in [0.1, 0.15) is 23.3 Å². The molecule has 0 aliphatic heterocycles. The Hall–Kier alpha value is -1.82. The number of carbonyl (C=O) groups is 1. The highest BCUT2D eigenvalue weighted by molar-refractivity contribution is 8.00. The van der Waals surface area contributed by atoms with Crippen LogP contribution in [-0.4, -0.2) is 11.0 Å². The van der Waals surface area contributed by atoms with Crippen molar-refractivity contribution in [1.29, 1.82) is 0 Å². The molecule has 2 rings (SSSR count). The second-order valence-electron chi connectivity index (χ2n) is 4.32. The molecular formula is C15H10F4OS. The number of Topliss-reactive ketones (excluding diaryl/α,β-unsaturated/α-hetero) is 1. The normalized spacial score (nSPS) is 12.2. The number of hydrogen-bond donors (Lipinski definition) is 0. The Morgan fingerprint density at radius 1 is 0.952 bits per heavy atom. The van der Waals surface area contributed by atoms with Crippen LogP contribution in [0.4, 0.5) is 17.6 Å². The van der Waals surface area contributed by atoms with Crippen molar-refractivity contribution in [2.24, 2.45) is 0 Å². The van der Waals surface area contributed by atoms with E-state index in [1.165, 1.54) is 6.92 Å². The number of rotatable bonds is 4. The Bertz CT molecular complexity index is 687. The predicted octanol–water partition coefficient (Wildman–Crippen LogP) is 4.61. The van der Waals surface area contributed by atoms with Crippen molar-refractivity contribution in [1.82, 2.24) is 0 Å². The van der Waals surface area contributed by atoms with Crippen LogP contribution in [-0.2, 0) is 0 Å². The third kappa shape index (κ3) is 3.64. The molecule has 1 unspecified atom stereocenters. The fraction of sp³-hybridized carbons (Fsp3) is 0.133. The lowest BCUT2D eigenvalue weighted by atomic mass is 10.1. The molecule has 0 spiro atoms. The molecule has 2 aromatic carbocycles. The molecule has 0 aromatic heterocycles. The molecule has 0 saturated carbocycles. The van der Waals surface area contributed by atoms with Gasteiger partial charge in [0.25, 0.3) is 0 Å². The Morgan fingerprint density at radius 3 is 2.24 bits per heavy atom. The minimum absolute atomic E-state index is 0.0432. The van der Waals surface area contributed by atoms with Crippen molar-refractivity contribution in [2.75, 3.05) is 0 Å². The molecule has 0 fully saturated rings. The van der Waals surface area contributed by atoms with Crippen molar-refractivity contribution in [3.8, 4) is 0 Å². The third-order valence-electron chi connectivity index (χ3n) is 2.76. The molecule has 1 nitrogen and oxygen atoms in total. The zero-order valence-corrected chi connectivity index (χ0v) is 11.7. The van der Waals surface area contributed by atoms with Crippen LogP contribution < -0.4 is 0 Å². The highest BCUT2D eigenvalue weighted by Crippen LogP contribution is 2.29. The van der Waals surface area contributed by atoms with Gasteiger partial charge >= 0.3 is 0 Å². The smallest absolute Gasteiger partial charge is 0.178 e. The number of ketones is 1. The van der Waals surface area contributed by atoms with Gasteiger partial charge in [0, 0.05) is 11.0 Å². The highest BCUT2D eigenvalue weighted by Gasteiger charge is 2.21. The van der Waals surface area contributed by atoms with Crippen LogP contribution in [0.1, 0.15) is 17.3 Å². The monoisotopic (exact) mass is 314 g/mol. The standard InChI is InChI=1S/C15H10F4OS/c1-8(21-14-7-10(17)3-5-12(14)18)15(20)11-4-2-9(16)6-13(11)19/h2-8H,1H3. The van der Waals surface area contributed by atoms with Gasteiger partial charge in [-0.15, -0.1) is 11.8 Å². The minimum Gasteiger partial charge on any atom is -0.293 e. The van der Waals surface area contributed by atoms with Crippen LogP contribution in [0.15, 0.2) is 41.3 Å². The maximum atomic E-state index is 13.5. The summed E-state index contributed by atoms with van der Waals surface area (Å²) in [5.41, 5.74) is -0.284. The van der Waals surface area contributed by atoms with Crippen LogP contribution in [0.2, 0.25) is 0 Å². The van der Waals surface area contributed by atoms with Crippen molar-refractivity contribution in [3.63, 3.8) is 0 Å². The van der Waals surface area contributed by atoms with E-state index in [1.54, 1.807) is 0 Å². The number of carbonyl (C=O) groups excluding carboxylic acids is 1. The molecule has 1 atom stereocenters. The first-order valence-corrected chi connectivity index (χ1v) is 6.87. The van der Waals surface area contributed by atoms with Crippen LogP contribution in [0.25, 0.3) is 0 Å². The molecule has 0 amide bonds. The van der Waals surface area contributed by atoms with Crippen LogP contribution in [0.3, 0.4) is 0 Å². The summed E-state index contributed by atoms with van der Waals surface area (Å²) in [6, 6.07) is 5.49. The molecule has 21 heavy (non-hydrogen) atoms. The summed E-state index contributed by atoms with van der Waals surface area (Å²) in [7, 11) is 0. The summed E-state index contributed by atoms with van der Waals surface area (Å²) in [6.45, 7) is 1.44. The van der Waals surface area contributed by atoms with E-state index in [2.05, 4.69) is 0 Å². The summed E-state index contributed by atoms with van der Waals surface area (Å²) in [4.78, 5) is 12.0. The average molecular weight is 314 g/mol. The second kappa shape index (κ2) is 6.30. The lowest BCUT2D eigenvalue weighted by molar-refractivity contribution is 0.0990. The molecule has 110 valence electrons. The van der Waals surface area contributed by atoms with E-state index < -0.39 is 34.3 Å². The minimum atomic E-state index is -0.979. The zero-order chi connectivity index (χ0) is 15.6. The first-order valence-electron chi connectivity index (χ1n) is 5.99. The van der Waals surface area contributed by atoms with E-state index in [1.807, 2.05) is 0 Å². The van der Waals surface area contributed by atoms with E-state index in [0.29, 0.717) is 6.07 Å². The van der Waals surface area contributed by atoms with Crippen LogP contribution in [0, 0.1) is 23.3 Å². The highest BCUT2D eigenvalue weighted by atomic mass is 32.2. The third-order valence-corrected chi connectivity index (χ3v) is 3.90. The molecule has 6 heteroatoms. The van der Waals surface area contributed by atoms with Crippen LogP contribution >= 0.6 is 11.8 Å². The summed E-state index contributed by atoms with van der Waals surface area (Å²) in [5.74, 6) is -3.69. The fourth-order valence-electron chi connectivity index (χ4n) is 1.72. The number of benzene rings is 2. The Morgan fingerprint density at radius 2 is 1.57 bits per heavy atom. The van der Waals surface area contributed by atoms with Gasteiger partial charge in [-0.05, 0) is 37.3 Å². The first kappa shape index (κ1) is 15.6. The van der Waals surface area contributed by atoms with Gasteiger partial charge in [-0.2, -0.15) is 0 Å². The quantitative estimate of drug-likeness (QED) is 0.466. The summed E-state index contributed by atoms with van der Waals surface area (Å²) >= 11 is 0.775. The van der Waals surface area contributed by atoms with Gasteiger partial charge in [-0.1, -0.05) is 0 Å². The molecule has 0 heterocycles. The van der Waals surface area contributed by atoms with Crippen molar-refractivity contribution in [3.05, 3.63) is 65.2 Å². The molecule has 0 aliphatic carbocycles. The van der Waals surface area contributed by atoms with Gasteiger partial charge in [-0.25, -0.2) is 17.6 Å². The fourth-order valence-corrected chi connectivity index (χ4v) is 2.70. The summed E-state index contributed by atoms with van der Waals surface area (Å²) in [6.07, 6.45) is 0. The van der Waals surface area contributed by atoms with E-state index in [9.17, 15) is 22.4 Å². The second-order valence-corrected chi connectivity index (χ2v) is 5.71. The van der Waals surface area contributed by atoms with Crippen molar-refractivity contribution >= 4 is 17.5 Å². The molecule has 0 bridgehead atoms. The van der Waals surface area contributed by atoms with E-state index in [-0.39, 0.29) is 10.5 Å². The molecule has 2 aromatic rings. The van der Waals surface area contributed by atoms with Gasteiger partial charge in [-0.3, -0.25) is 4.79 Å². The number of thioether (sulfide) groups is 1. The topological polar surface area (TPSA) is 17.1 Å². The lowest BCUT2D eigenvalue weighted by Crippen LogP contribution is -2.15. The molecule has 0 radical (unpaired) electrons. The predicted molar refractivity (Wildman–Crippen MR) is 72.4 cm³/mol. The van der Waals surface area contributed by atoms with E-state index >= 15 is 0 Å². The molecule has 0 N–H and O–H groups in total. The van der Waals surface area contributed by atoms with Gasteiger partial charge in [0.15, 0.2) is 5.78 Å². The summed E-state index contributed by atoms with van der Waals surface area (Å²) in [5, 5.41) is -0.846. The maximum Gasteiger partial charge on any atom is 0.178 e. The maximum absolute atomic E-state index is 13.5. The Kier molecular flexibility index (Phi) is 4.67. The Balaban J connectivity index is 2.21. The van der Waals surface area contributed by atoms with Crippen molar-refractivity contribution in [2.45, 2.75) is 17.1 Å². The molecular weight excluding hydrogens is 304 g/mol. The molecule has 0 aliphatic rings. The number of hydrogen-bond acceptors (Lipinski definition) is 2. The first-order chi connectivity index (χ1) is 9.88. The zero-order valence-electron chi connectivity index (χ0n) is 10.9. The lowest BCUT2D eigenvalue weighted by Gasteiger charge is -2.11. The van der Waals surface area contributed by atoms with Crippen molar-refractivity contribution < 1.29 is 22.4 Å². The SMILES string of the molecule is CC(Sc1cc(F)ccc1F)C(=O)c1ccc(F)cc1F. The van der Waals surface area contributed by atoms with E-state index in [4.69, 9.17) is 0 Å².